The summed E-state index contributed by atoms with van der Waals surface area (Å²) in [7, 11) is 0. The smallest absolute Gasteiger partial charge is 0.137 e. The molecular weight excluding hydrogens is 743 g/mol. The molecule has 0 spiro atoms. The van der Waals surface area contributed by atoms with Crippen molar-refractivity contribution >= 4 is 60.2 Å². The molecular formula is C56H45N5. The molecule has 9 aromatic rings. The first-order valence-electron chi connectivity index (χ1n) is 21.3. The van der Waals surface area contributed by atoms with Gasteiger partial charge in [0, 0.05) is 49.9 Å². The standard InChI is InChI=1S/C51H37N5.C5H8/c52-42(21-13-30-8-2-1-3-9-30)32-18-24-46-39(26-32)41-29-35-15-14-34-28-40-38-27-33(44-22-16-31-10-4-5-11-43(31)54-44)17-23-45(38)55-50(40)36-19-20-37(49(35)48(34)36)51(41)56(46)47-12-6-7-25-53-47;1-3-5-4-2/h1-8,10-13,16-18,21-29,55H,9,14-15,19-20,52H2;3-5H,1H2,2H3/b30-13-,42-21-;5-4-. The molecule has 294 valence electrons. The van der Waals surface area contributed by atoms with Crippen molar-refractivity contribution in [1.82, 2.24) is 19.5 Å². The van der Waals surface area contributed by atoms with E-state index in [4.69, 9.17) is 15.7 Å². The minimum absolute atomic E-state index is 0.766. The fourth-order valence-corrected chi connectivity index (χ4v) is 9.89. The van der Waals surface area contributed by atoms with Crippen molar-refractivity contribution < 1.29 is 0 Å². The van der Waals surface area contributed by atoms with Crippen LogP contribution in [0.1, 0.15) is 41.2 Å². The van der Waals surface area contributed by atoms with Gasteiger partial charge in [-0.15, -0.1) is 0 Å². The molecule has 0 saturated carbocycles. The Morgan fingerprint density at radius 3 is 2.43 bits per heavy atom. The highest BCUT2D eigenvalue weighted by molar-refractivity contribution is 6.16. The Morgan fingerprint density at radius 1 is 0.787 bits per heavy atom. The molecule has 0 saturated heterocycles. The van der Waals surface area contributed by atoms with Crippen LogP contribution >= 0.6 is 0 Å². The Bertz CT molecular complexity index is 3420. The van der Waals surface area contributed by atoms with E-state index >= 15 is 0 Å². The Hall–Kier alpha value is -7.50. The van der Waals surface area contributed by atoms with Crippen LogP contribution in [0.4, 0.5) is 0 Å². The lowest BCUT2D eigenvalue weighted by Crippen LogP contribution is -2.15. The number of benzene rings is 5. The number of hydrogen-bond donors (Lipinski definition) is 2. The van der Waals surface area contributed by atoms with Gasteiger partial charge in [-0.25, -0.2) is 9.97 Å². The molecule has 3 aliphatic rings. The number of nitrogens with one attached hydrogen (secondary N) is 1. The zero-order valence-electron chi connectivity index (χ0n) is 34.3. The molecule has 5 aromatic carbocycles. The Balaban J connectivity index is 0.000000797. The highest BCUT2D eigenvalue weighted by Gasteiger charge is 2.32. The molecule has 5 heteroatoms. The zero-order chi connectivity index (χ0) is 41.0. The molecule has 0 atom stereocenters. The van der Waals surface area contributed by atoms with Crippen LogP contribution < -0.4 is 5.73 Å². The first-order valence-corrected chi connectivity index (χ1v) is 21.3. The van der Waals surface area contributed by atoms with E-state index in [0.717, 1.165) is 76.9 Å². The summed E-state index contributed by atoms with van der Waals surface area (Å²) in [5, 5.41) is 6.23. The summed E-state index contributed by atoms with van der Waals surface area (Å²) in [5.41, 5.74) is 26.5. The number of aromatic amines is 1. The minimum Gasteiger partial charge on any atom is -0.398 e. The number of aromatic nitrogens is 4. The molecule has 4 aromatic heterocycles. The topological polar surface area (TPSA) is 72.5 Å². The van der Waals surface area contributed by atoms with Gasteiger partial charge in [-0.05, 0) is 150 Å². The number of hydrogen-bond acceptors (Lipinski definition) is 3. The van der Waals surface area contributed by atoms with E-state index < -0.39 is 0 Å². The molecule has 0 amide bonds. The molecule has 61 heavy (non-hydrogen) atoms. The second-order valence-corrected chi connectivity index (χ2v) is 16.2. The van der Waals surface area contributed by atoms with Crippen molar-refractivity contribution in [2.24, 2.45) is 5.73 Å². The third kappa shape index (κ3) is 6.15. The number of aryl methyl sites for hydroxylation is 4. The normalized spacial score (nSPS) is 15.0. The van der Waals surface area contributed by atoms with Gasteiger partial charge in [0.1, 0.15) is 5.82 Å². The van der Waals surface area contributed by atoms with Crippen molar-refractivity contribution in [3.63, 3.8) is 0 Å². The van der Waals surface area contributed by atoms with Gasteiger partial charge in [-0.3, -0.25) is 4.57 Å². The Kier molecular flexibility index (Phi) is 8.96. The van der Waals surface area contributed by atoms with Crippen LogP contribution in [0.25, 0.3) is 88.4 Å². The fraction of sp³-hybridized carbons (Fsp3) is 0.107. The minimum atomic E-state index is 0.766. The van der Waals surface area contributed by atoms with E-state index in [-0.39, 0.29) is 0 Å². The summed E-state index contributed by atoms with van der Waals surface area (Å²) >= 11 is 0. The number of fused-ring (bicyclic) bond motifs is 9. The van der Waals surface area contributed by atoms with Gasteiger partial charge < -0.3 is 10.7 Å². The highest BCUT2D eigenvalue weighted by Crippen LogP contribution is 2.50. The first kappa shape index (κ1) is 36.6. The Labute approximate surface area is 355 Å². The van der Waals surface area contributed by atoms with E-state index in [1.807, 2.05) is 37.4 Å². The van der Waals surface area contributed by atoms with Crippen molar-refractivity contribution in [3.8, 4) is 28.2 Å². The van der Waals surface area contributed by atoms with Gasteiger partial charge >= 0.3 is 0 Å². The maximum atomic E-state index is 6.77. The van der Waals surface area contributed by atoms with Gasteiger partial charge in [0.2, 0.25) is 0 Å². The largest absolute Gasteiger partial charge is 0.398 e. The number of allylic oxidation sites excluding steroid dienone is 10. The van der Waals surface area contributed by atoms with Crippen LogP contribution in [0.3, 0.4) is 0 Å². The lowest BCUT2D eigenvalue weighted by Gasteiger charge is -2.31. The first-order chi connectivity index (χ1) is 30.1. The zero-order valence-corrected chi connectivity index (χ0v) is 34.3. The van der Waals surface area contributed by atoms with E-state index in [1.165, 1.54) is 77.0 Å². The molecule has 0 radical (unpaired) electrons. The lowest BCUT2D eigenvalue weighted by atomic mass is 9.74. The number of nitrogens with two attached hydrogens (primary N) is 1. The maximum absolute atomic E-state index is 6.77. The summed E-state index contributed by atoms with van der Waals surface area (Å²) in [5.74, 6) is 0.937. The van der Waals surface area contributed by atoms with Gasteiger partial charge in [0.05, 0.1) is 27.8 Å². The molecule has 0 aliphatic heterocycles. The van der Waals surface area contributed by atoms with Gasteiger partial charge in [-0.1, -0.05) is 97.7 Å². The second kappa shape index (κ2) is 15.0. The van der Waals surface area contributed by atoms with Crippen molar-refractivity contribution in [2.45, 2.75) is 39.0 Å². The number of nitrogens with zero attached hydrogens (tertiary/aromatic N) is 3. The van der Waals surface area contributed by atoms with Crippen LogP contribution in [-0.4, -0.2) is 19.5 Å². The predicted octanol–water partition coefficient (Wildman–Crippen LogP) is 13.4. The lowest BCUT2D eigenvalue weighted by molar-refractivity contribution is 0.884. The fourth-order valence-electron chi connectivity index (χ4n) is 9.89. The molecule has 0 fully saturated rings. The number of para-hydroxylation sites is 1. The van der Waals surface area contributed by atoms with E-state index in [9.17, 15) is 0 Å². The van der Waals surface area contributed by atoms with Crippen LogP contribution in [0, 0.1) is 0 Å². The van der Waals surface area contributed by atoms with Gasteiger partial charge in [0.15, 0.2) is 0 Å². The van der Waals surface area contributed by atoms with Crippen LogP contribution in [-0.2, 0) is 25.7 Å². The van der Waals surface area contributed by atoms with Crippen LogP contribution in [0.5, 0.6) is 0 Å². The molecule has 3 N–H and O–H groups in total. The van der Waals surface area contributed by atoms with E-state index in [0.29, 0.717) is 0 Å². The van der Waals surface area contributed by atoms with Crippen LogP contribution in [0.2, 0.25) is 0 Å². The number of pyridine rings is 2. The third-order valence-corrected chi connectivity index (χ3v) is 12.7. The average Bonchev–Trinajstić information content (AvgIpc) is 3.85. The quantitative estimate of drug-likeness (QED) is 0.171. The van der Waals surface area contributed by atoms with Crippen molar-refractivity contribution in [2.75, 3.05) is 0 Å². The summed E-state index contributed by atoms with van der Waals surface area (Å²) in [6.45, 7) is 5.42. The van der Waals surface area contributed by atoms with E-state index in [1.54, 1.807) is 6.08 Å². The van der Waals surface area contributed by atoms with Crippen LogP contribution in [0.15, 0.2) is 176 Å². The van der Waals surface area contributed by atoms with Gasteiger partial charge in [-0.2, -0.15) is 0 Å². The maximum Gasteiger partial charge on any atom is 0.137 e. The van der Waals surface area contributed by atoms with Crippen molar-refractivity contribution in [3.05, 3.63) is 204 Å². The predicted molar refractivity (Wildman–Crippen MR) is 257 cm³/mol. The highest BCUT2D eigenvalue weighted by atomic mass is 15.1. The monoisotopic (exact) mass is 787 g/mol. The van der Waals surface area contributed by atoms with Gasteiger partial charge in [0.25, 0.3) is 0 Å². The molecule has 3 aliphatic carbocycles. The Morgan fingerprint density at radius 2 is 1.62 bits per heavy atom. The van der Waals surface area contributed by atoms with Crippen molar-refractivity contribution in [1.29, 1.82) is 0 Å². The summed E-state index contributed by atoms with van der Waals surface area (Å²) in [6.07, 6.45) is 25.0. The summed E-state index contributed by atoms with van der Waals surface area (Å²) in [4.78, 5) is 13.8. The average molecular weight is 788 g/mol. The molecule has 0 unspecified atom stereocenters. The third-order valence-electron chi connectivity index (χ3n) is 12.7. The summed E-state index contributed by atoms with van der Waals surface area (Å²) < 4.78 is 2.40. The van der Waals surface area contributed by atoms with E-state index in [2.05, 4.69) is 144 Å². The molecule has 0 bridgehead atoms. The molecule has 5 nitrogen and oxygen atoms in total. The molecule has 12 rings (SSSR count). The summed E-state index contributed by atoms with van der Waals surface area (Å²) in [6, 6.07) is 37.3. The SMILES string of the molecule is C=C/C=C\C.N/C(=C\C=C1\C=CC=CC1)c1ccc2c(c1)c1cc3c4c(c1n2-c1ccccn1)CCc1c-4c(cc2c1[nH]c1ccc(-c4ccc5ccccc5n4)cc12)CC3. The number of H-pyrrole nitrogens is 1. The molecule has 4 heterocycles. The number of rotatable bonds is 5. The second-order valence-electron chi connectivity index (χ2n) is 16.2.